The van der Waals surface area contributed by atoms with E-state index in [0.717, 1.165) is 53.4 Å². The average molecular weight is 1420 g/mol. The Hall–Kier alpha value is -4.89. The topological polar surface area (TPSA) is 528 Å². The number of allylic oxidation sites excluding steroid dienone is 2. The number of amides is 5. The second kappa shape index (κ2) is 38.6. The van der Waals surface area contributed by atoms with Gasteiger partial charge in [0.2, 0.25) is 23.6 Å². The fourth-order valence-corrected chi connectivity index (χ4v) is 12.7. The van der Waals surface area contributed by atoms with Crippen molar-refractivity contribution in [2.45, 2.75) is 270 Å². The summed E-state index contributed by atoms with van der Waals surface area (Å²) in [7, 11) is 1.21. The van der Waals surface area contributed by atoms with Gasteiger partial charge in [-0.3, -0.25) is 24.0 Å². The zero-order chi connectivity index (χ0) is 72.5. The lowest BCUT2D eigenvalue weighted by Gasteiger charge is -2.51. The van der Waals surface area contributed by atoms with Gasteiger partial charge >= 0.3 is 0 Å². The molecule has 6 heterocycles. The number of ether oxygens (including phenoxy) is 13. The fraction of sp³-hybridized carbons (Fsp3) is 0.794. The van der Waals surface area contributed by atoms with Crippen LogP contribution in [0.3, 0.4) is 0 Å². The van der Waals surface area contributed by atoms with Crippen molar-refractivity contribution in [1.82, 2.24) is 26.6 Å². The van der Waals surface area contributed by atoms with Gasteiger partial charge in [-0.05, 0) is 50.8 Å². The first kappa shape index (κ1) is 81.4. The Morgan fingerprint density at radius 2 is 0.899 bits per heavy atom. The van der Waals surface area contributed by atoms with E-state index in [1.807, 2.05) is 0 Å². The summed E-state index contributed by atoms with van der Waals surface area (Å²) in [6.07, 6.45) is -32.0. The monoisotopic (exact) mass is 1420 g/mol. The van der Waals surface area contributed by atoms with Gasteiger partial charge in [-0.15, -0.1) is 0 Å². The number of hydrogen-bond donors (Lipinski definition) is 18. The van der Waals surface area contributed by atoms with E-state index in [2.05, 4.69) is 45.7 Å². The van der Waals surface area contributed by atoms with Crippen LogP contribution in [0.15, 0.2) is 36.4 Å². The van der Waals surface area contributed by atoms with Gasteiger partial charge in [-0.1, -0.05) is 44.4 Å². The number of hydrogen-bond acceptors (Lipinski definition) is 31. The minimum absolute atomic E-state index is 0.0482. The average Bonchev–Trinajstić information content (AvgIpc) is 0.771. The standard InChI is InChI=1S/C63H101N5O31/c1-8-9-10-11-12-13-14-15-16-20-88-33-19-17-18-32(21-33)57(85)68-40-46(79)45(78)34(22-69)92-59(40)96-52-35(23-70)93-60(41(48(52)81)65-29(4)74)97-53-36(24-71)94-61(42(49(53)82)66-30(5)75)98-54-37(25-72)95-62(43(50(54)83)67-31(6)76)99-55-38(91-58(86)39(47(55)80)64-28(3)73)26-89-63-56(87-7)51(84)44(77)27(2)90-63/h13-14,17-19,21,27,34-56,58-63,69-72,77-84,86H,8-12,15-16,20,22-26H2,1-7H3,(H,64,73)(H,65,74)(H,66,75)(H,67,76)(H,68,85)/b14-13-/t27?,34?,35-,36?,37-,38?,39-,40?,41?,42-,43?,44+,45+,46+,47+,48?,49+,50?,51?,52+,53?,54+,55?,56+,58+,59-,60-,61-,62?,63+/m0/s1. The van der Waals surface area contributed by atoms with Crippen molar-refractivity contribution in [3.05, 3.63) is 42.0 Å². The number of aliphatic hydroxyl groups is 13. The molecule has 6 aliphatic heterocycles. The van der Waals surface area contributed by atoms with E-state index in [0.29, 0.717) is 18.8 Å². The molecule has 7 rings (SSSR count). The van der Waals surface area contributed by atoms with Gasteiger partial charge in [0.05, 0.1) is 45.7 Å². The lowest BCUT2D eigenvalue weighted by atomic mass is 9.93. The highest BCUT2D eigenvalue weighted by Crippen LogP contribution is 2.37. The van der Waals surface area contributed by atoms with E-state index in [1.54, 1.807) is 12.1 Å². The zero-order valence-electron chi connectivity index (χ0n) is 56.1. The molecule has 0 radical (unpaired) electrons. The highest BCUT2D eigenvalue weighted by atomic mass is 16.8. The third-order valence-electron chi connectivity index (χ3n) is 17.8. The molecular weight excluding hydrogens is 1320 g/mol. The Kier molecular flexibility index (Phi) is 31.7. The van der Waals surface area contributed by atoms with Gasteiger partial charge in [0.25, 0.3) is 5.91 Å². The number of carbonyl (C=O) groups is 5. The summed E-state index contributed by atoms with van der Waals surface area (Å²) in [6, 6.07) is -2.45. The Bertz CT molecular complexity index is 2730. The molecule has 0 bridgehead atoms. The molecule has 30 atom stereocenters. The molecule has 18 N–H and O–H groups in total. The molecule has 99 heavy (non-hydrogen) atoms. The summed E-state index contributed by atoms with van der Waals surface area (Å²) in [5.74, 6) is -3.67. The first-order valence-corrected chi connectivity index (χ1v) is 33.2. The van der Waals surface area contributed by atoms with E-state index in [-0.39, 0.29) is 5.56 Å². The Labute approximate surface area is 571 Å². The van der Waals surface area contributed by atoms with Crippen LogP contribution in [0.4, 0.5) is 0 Å². The van der Waals surface area contributed by atoms with Crippen LogP contribution < -0.4 is 31.3 Å². The number of aliphatic hydroxyl groups excluding tert-OH is 13. The van der Waals surface area contributed by atoms with Crippen LogP contribution >= 0.6 is 0 Å². The van der Waals surface area contributed by atoms with Gasteiger partial charge < -0.3 is 155 Å². The minimum atomic E-state index is -2.07. The molecule has 13 unspecified atom stereocenters. The van der Waals surface area contributed by atoms with Crippen molar-refractivity contribution in [2.24, 2.45) is 0 Å². The number of rotatable bonds is 32. The van der Waals surface area contributed by atoms with E-state index in [9.17, 15) is 90.4 Å². The van der Waals surface area contributed by atoms with Gasteiger partial charge in [0.15, 0.2) is 37.7 Å². The van der Waals surface area contributed by atoms with Gasteiger partial charge in [0.1, 0.15) is 146 Å². The van der Waals surface area contributed by atoms with Crippen LogP contribution in [0.5, 0.6) is 5.75 Å². The molecule has 1 aromatic carbocycles. The quantitative estimate of drug-likeness (QED) is 0.0235. The molecule has 0 aromatic heterocycles. The molecular formula is C63H101N5O31. The SMILES string of the molecule is CCCCCC/C=C\CCCOc1cccc(C(=O)NC2[C@H](O[C@H]3C(O)C(NC(C)=O)[C@H](OC4C(CO)O[C@@H](O[C@H]5C(O)C(NC(C)=O)C(OC6C(CO[C@@H]7OC(C)[C@@H](O)C(O)[C@H]7OC)O[C@@H](O)[C@@H](NC(C)=O)[C@H]6O)O[C@H]5CO)[C@@H](NC(C)=O)[C@H]4O)O[C@H]3CO)OC(CO)[C@@H](O)[C@@H]2O)c1. The van der Waals surface area contributed by atoms with Gasteiger partial charge in [-0.2, -0.15) is 0 Å². The number of carbonyl (C=O) groups excluding carboxylic acids is 5. The Morgan fingerprint density at radius 3 is 1.35 bits per heavy atom. The van der Waals surface area contributed by atoms with Crippen LogP contribution in [-0.2, 0) is 76.0 Å². The van der Waals surface area contributed by atoms with E-state index in [1.165, 1.54) is 39.0 Å². The first-order valence-electron chi connectivity index (χ1n) is 33.2. The highest BCUT2D eigenvalue weighted by molar-refractivity contribution is 5.94. The molecule has 36 nitrogen and oxygen atoms in total. The lowest BCUT2D eigenvalue weighted by Crippen LogP contribution is -2.72. The van der Waals surface area contributed by atoms with Gasteiger partial charge in [0, 0.05) is 40.4 Å². The molecule has 6 fully saturated rings. The Balaban J connectivity index is 1.07. The van der Waals surface area contributed by atoms with Crippen molar-refractivity contribution in [2.75, 3.05) is 46.8 Å². The number of methoxy groups -OCH3 is 1. The maximum Gasteiger partial charge on any atom is 0.251 e. The van der Waals surface area contributed by atoms with E-state index < -0.39 is 246 Å². The maximum atomic E-state index is 14.0. The molecule has 5 amide bonds. The Morgan fingerprint density at radius 1 is 0.465 bits per heavy atom. The lowest BCUT2D eigenvalue weighted by molar-refractivity contribution is -0.368. The van der Waals surface area contributed by atoms with E-state index in [4.69, 9.17) is 61.6 Å². The highest BCUT2D eigenvalue weighted by Gasteiger charge is 2.58. The van der Waals surface area contributed by atoms with Crippen LogP contribution in [0.1, 0.15) is 96.8 Å². The largest absolute Gasteiger partial charge is 0.494 e. The summed E-state index contributed by atoms with van der Waals surface area (Å²) in [5, 5.41) is 158. The van der Waals surface area contributed by atoms with Crippen molar-refractivity contribution < 1.29 is 152 Å². The van der Waals surface area contributed by atoms with E-state index >= 15 is 0 Å². The molecule has 0 saturated carbocycles. The second-order valence-electron chi connectivity index (χ2n) is 25.3. The summed E-state index contributed by atoms with van der Waals surface area (Å²) in [5.41, 5.74) is 0.0482. The second-order valence-corrected chi connectivity index (χ2v) is 25.3. The van der Waals surface area contributed by atoms with Crippen molar-refractivity contribution in [3.63, 3.8) is 0 Å². The summed E-state index contributed by atoms with van der Waals surface area (Å²) in [4.78, 5) is 65.1. The van der Waals surface area contributed by atoms with Gasteiger partial charge in [-0.25, -0.2) is 0 Å². The third kappa shape index (κ3) is 20.9. The molecule has 564 valence electrons. The first-order chi connectivity index (χ1) is 47.2. The number of nitrogens with one attached hydrogen (secondary N) is 5. The number of unbranched alkanes of at least 4 members (excludes halogenated alkanes) is 5. The zero-order valence-corrected chi connectivity index (χ0v) is 56.1. The van der Waals surface area contributed by atoms with Crippen molar-refractivity contribution in [3.8, 4) is 5.75 Å². The molecule has 6 saturated heterocycles. The van der Waals surface area contributed by atoms with Crippen LogP contribution in [0.2, 0.25) is 0 Å². The number of benzene rings is 1. The van der Waals surface area contributed by atoms with Crippen LogP contribution in [0, 0.1) is 0 Å². The molecule has 0 aliphatic carbocycles. The minimum Gasteiger partial charge on any atom is -0.494 e. The fourth-order valence-electron chi connectivity index (χ4n) is 12.7. The van der Waals surface area contributed by atoms with Crippen molar-refractivity contribution in [1.29, 1.82) is 0 Å². The predicted molar refractivity (Wildman–Crippen MR) is 333 cm³/mol. The molecule has 6 aliphatic rings. The van der Waals surface area contributed by atoms with Crippen LogP contribution in [-0.4, -0.2) is 327 Å². The van der Waals surface area contributed by atoms with Crippen molar-refractivity contribution >= 4 is 29.5 Å². The maximum absolute atomic E-state index is 14.0. The summed E-state index contributed by atoms with van der Waals surface area (Å²) in [6.45, 7) is 3.52. The normalized spacial score (nSPS) is 39.6. The third-order valence-corrected chi connectivity index (χ3v) is 17.8. The van der Waals surface area contributed by atoms with Crippen LogP contribution in [0.25, 0.3) is 0 Å². The predicted octanol–water partition coefficient (Wildman–Crippen LogP) is -6.72. The summed E-state index contributed by atoms with van der Waals surface area (Å²) < 4.78 is 77.9. The molecule has 1 aromatic rings. The smallest absolute Gasteiger partial charge is 0.251 e. The molecule has 36 heteroatoms. The molecule has 0 spiro atoms. The summed E-state index contributed by atoms with van der Waals surface area (Å²) >= 11 is 0.